The van der Waals surface area contributed by atoms with Crippen LogP contribution in [0.3, 0.4) is 0 Å². The van der Waals surface area contributed by atoms with Gasteiger partial charge >= 0.3 is 18.2 Å². The fraction of sp³-hybridized carbons (Fsp3) is 0.481. The van der Waals surface area contributed by atoms with E-state index >= 15 is 0 Å². The van der Waals surface area contributed by atoms with E-state index in [2.05, 4.69) is 41.5 Å². The number of nitrogens with zero attached hydrogens (tertiary/aromatic N) is 3. The summed E-state index contributed by atoms with van der Waals surface area (Å²) >= 11 is 0.946. The molecular formula is C27H38N8O8S. The van der Waals surface area contributed by atoms with E-state index in [4.69, 9.17) is 14.2 Å². The Bertz CT molecular complexity index is 1340. The van der Waals surface area contributed by atoms with E-state index < -0.39 is 47.2 Å². The lowest BCUT2D eigenvalue weighted by molar-refractivity contribution is -0.141. The first-order chi connectivity index (χ1) is 20.6. The average Bonchev–Trinajstić information content (AvgIpc) is 3.41. The SMILES string of the molecule is COC(=O)C(CNC(=O)c1ccc(C(=O)NCCNC(=NC(=O)OC(C)(C)C)NC(=O)OC(C)(C)C)s1)Nc1ncccn1. The third kappa shape index (κ3) is 13.5. The van der Waals surface area contributed by atoms with Crippen LogP contribution < -0.4 is 26.6 Å². The van der Waals surface area contributed by atoms with Gasteiger partial charge in [0.1, 0.15) is 17.2 Å². The van der Waals surface area contributed by atoms with Gasteiger partial charge in [0.05, 0.1) is 16.9 Å². The third-order valence-corrected chi connectivity index (χ3v) is 5.88. The zero-order chi connectivity index (χ0) is 32.9. The highest BCUT2D eigenvalue weighted by Gasteiger charge is 2.23. The van der Waals surface area contributed by atoms with Crippen LogP contribution in [-0.2, 0) is 19.0 Å². The van der Waals surface area contributed by atoms with Gasteiger partial charge in [0, 0.05) is 32.0 Å². The Balaban J connectivity index is 1.92. The summed E-state index contributed by atoms with van der Waals surface area (Å²) in [5.74, 6) is -1.63. The normalized spacial score (nSPS) is 12.3. The van der Waals surface area contributed by atoms with E-state index in [0.717, 1.165) is 11.3 Å². The second kappa shape index (κ2) is 16.2. The van der Waals surface area contributed by atoms with Crippen LogP contribution in [0.1, 0.15) is 60.9 Å². The summed E-state index contributed by atoms with van der Waals surface area (Å²) < 4.78 is 15.1. The van der Waals surface area contributed by atoms with Gasteiger partial charge in [-0.25, -0.2) is 24.4 Å². The Labute approximate surface area is 258 Å². The zero-order valence-electron chi connectivity index (χ0n) is 25.6. The smallest absolute Gasteiger partial charge is 0.437 e. The maximum atomic E-state index is 12.7. The van der Waals surface area contributed by atoms with Gasteiger partial charge < -0.3 is 35.5 Å². The molecule has 0 saturated carbocycles. The van der Waals surface area contributed by atoms with E-state index in [1.165, 1.54) is 31.6 Å². The molecule has 0 aliphatic heterocycles. The molecule has 2 rings (SSSR count). The number of ether oxygens (including phenoxy) is 3. The minimum absolute atomic E-state index is 0.0644. The van der Waals surface area contributed by atoms with Crippen molar-refractivity contribution < 1.29 is 38.2 Å². The monoisotopic (exact) mass is 634 g/mol. The van der Waals surface area contributed by atoms with Crippen molar-refractivity contribution >= 4 is 53.2 Å². The van der Waals surface area contributed by atoms with Gasteiger partial charge in [0.25, 0.3) is 11.8 Å². The molecule has 0 aliphatic rings. The van der Waals surface area contributed by atoms with Crippen molar-refractivity contribution in [3.05, 3.63) is 40.3 Å². The molecule has 4 amide bonds. The number of aliphatic imine (C=N–C) groups is 1. The Morgan fingerprint density at radius 1 is 0.864 bits per heavy atom. The number of nitrogens with one attached hydrogen (secondary N) is 5. The summed E-state index contributed by atoms with van der Waals surface area (Å²) in [6, 6.07) is 3.62. The lowest BCUT2D eigenvalue weighted by atomic mass is 10.2. The Morgan fingerprint density at radius 3 is 2.00 bits per heavy atom. The zero-order valence-corrected chi connectivity index (χ0v) is 26.4. The van der Waals surface area contributed by atoms with Crippen LogP contribution in [-0.4, -0.2) is 89.9 Å². The van der Waals surface area contributed by atoms with E-state index in [-0.39, 0.29) is 41.3 Å². The fourth-order valence-electron chi connectivity index (χ4n) is 3.06. The molecule has 5 N–H and O–H groups in total. The molecule has 0 spiro atoms. The van der Waals surface area contributed by atoms with E-state index in [1.807, 2.05) is 0 Å². The topological polar surface area (TPSA) is 211 Å². The summed E-state index contributed by atoms with van der Waals surface area (Å²) in [6.45, 7) is 10.0. The number of methoxy groups -OCH3 is 1. The predicted molar refractivity (Wildman–Crippen MR) is 161 cm³/mol. The lowest BCUT2D eigenvalue weighted by Crippen LogP contribution is -2.46. The molecule has 240 valence electrons. The Morgan fingerprint density at radius 2 is 1.43 bits per heavy atom. The molecule has 0 fully saturated rings. The van der Waals surface area contributed by atoms with Gasteiger partial charge in [0.15, 0.2) is 0 Å². The quantitative estimate of drug-likeness (QED) is 0.0836. The standard InChI is InChI=1S/C27H38N8O8S/c1-26(2,3)42-24(39)34-23(35-25(40)43-27(4,5)6)31-14-13-28-19(36)17-9-10-18(44-17)20(37)32-15-16(21(38)41-7)33-22-29-11-8-12-30-22/h8-12,16H,13-15H2,1-7H3,(H,28,36)(H,32,37)(H,29,30,33)(H2,31,34,35,39,40). The van der Waals surface area contributed by atoms with Crippen LogP contribution in [0.4, 0.5) is 15.5 Å². The number of anilines is 1. The van der Waals surface area contributed by atoms with E-state index in [1.54, 1.807) is 47.6 Å². The van der Waals surface area contributed by atoms with Gasteiger partial charge in [-0.2, -0.15) is 0 Å². The molecule has 0 aliphatic carbocycles. The highest BCUT2D eigenvalue weighted by atomic mass is 32.1. The molecule has 17 heteroatoms. The van der Waals surface area contributed by atoms with E-state index in [9.17, 15) is 24.0 Å². The van der Waals surface area contributed by atoms with Crippen molar-refractivity contribution in [2.45, 2.75) is 58.8 Å². The van der Waals surface area contributed by atoms with Crippen LogP contribution in [0.15, 0.2) is 35.6 Å². The molecule has 2 heterocycles. The van der Waals surface area contributed by atoms with Crippen molar-refractivity contribution in [2.24, 2.45) is 4.99 Å². The molecule has 2 aromatic rings. The molecule has 0 saturated heterocycles. The maximum absolute atomic E-state index is 12.7. The van der Waals surface area contributed by atoms with Crippen LogP contribution in [0.25, 0.3) is 0 Å². The number of thiophene rings is 1. The van der Waals surface area contributed by atoms with Gasteiger partial charge in [-0.1, -0.05) is 0 Å². The Hall–Kier alpha value is -4.80. The first-order valence-corrected chi connectivity index (χ1v) is 14.2. The molecule has 0 bridgehead atoms. The predicted octanol–water partition coefficient (Wildman–Crippen LogP) is 2.06. The van der Waals surface area contributed by atoms with Crippen molar-refractivity contribution in [3.63, 3.8) is 0 Å². The second-order valence-corrected chi connectivity index (χ2v) is 12.0. The minimum atomic E-state index is -0.949. The molecule has 0 aromatic carbocycles. The van der Waals surface area contributed by atoms with Crippen molar-refractivity contribution in [2.75, 3.05) is 32.1 Å². The summed E-state index contributed by atoms with van der Waals surface area (Å²) in [6.07, 6.45) is 1.21. The lowest BCUT2D eigenvalue weighted by Gasteiger charge is -2.21. The number of aromatic nitrogens is 2. The molecule has 2 aromatic heterocycles. The van der Waals surface area contributed by atoms with Gasteiger partial charge in [0.2, 0.25) is 11.9 Å². The number of alkyl carbamates (subject to hydrolysis) is 1. The summed E-state index contributed by atoms with van der Waals surface area (Å²) in [5.41, 5.74) is -1.60. The van der Waals surface area contributed by atoms with Crippen LogP contribution in [0, 0.1) is 0 Å². The Kier molecular flexibility index (Phi) is 13.0. The van der Waals surface area contributed by atoms with Gasteiger partial charge in [-0.05, 0) is 59.7 Å². The largest absolute Gasteiger partial charge is 0.467 e. The average molecular weight is 635 g/mol. The second-order valence-electron chi connectivity index (χ2n) is 10.9. The molecule has 16 nitrogen and oxygen atoms in total. The molecule has 1 atom stereocenters. The van der Waals surface area contributed by atoms with Crippen LogP contribution in [0.2, 0.25) is 0 Å². The number of hydrogen-bond donors (Lipinski definition) is 5. The fourth-order valence-corrected chi connectivity index (χ4v) is 3.90. The maximum Gasteiger partial charge on any atom is 0.437 e. The van der Waals surface area contributed by atoms with Crippen molar-refractivity contribution in [1.29, 1.82) is 0 Å². The van der Waals surface area contributed by atoms with Crippen molar-refractivity contribution in [1.82, 2.24) is 31.2 Å². The number of carbonyl (C=O) groups is 5. The summed E-state index contributed by atoms with van der Waals surface area (Å²) in [5, 5.41) is 13.2. The van der Waals surface area contributed by atoms with Gasteiger partial charge in [-0.15, -0.1) is 16.3 Å². The first kappa shape index (κ1) is 35.4. The number of hydrogen-bond acceptors (Lipinski definition) is 12. The molecular weight excluding hydrogens is 596 g/mol. The third-order valence-electron chi connectivity index (χ3n) is 4.79. The van der Waals surface area contributed by atoms with E-state index in [0.29, 0.717) is 0 Å². The molecule has 0 radical (unpaired) electrons. The molecule has 1 unspecified atom stereocenters. The first-order valence-electron chi connectivity index (χ1n) is 13.4. The number of rotatable bonds is 10. The summed E-state index contributed by atoms with van der Waals surface area (Å²) in [7, 11) is 1.22. The number of guanidine groups is 1. The number of carbonyl (C=O) groups excluding carboxylic acids is 5. The minimum Gasteiger partial charge on any atom is -0.467 e. The van der Waals surface area contributed by atoms with Crippen LogP contribution in [0.5, 0.6) is 0 Å². The number of amides is 4. The number of esters is 1. The van der Waals surface area contributed by atoms with Crippen molar-refractivity contribution in [3.8, 4) is 0 Å². The van der Waals surface area contributed by atoms with Crippen LogP contribution >= 0.6 is 11.3 Å². The highest BCUT2D eigenvalue weighted by molar-refractivity contribution is 7.15. The molecule has 44 heavy (non-hydrogen) atoms. The summed E-state index contributed by atoms with van der Waals surface area (Å²) in [4.78, 5) is 74.0. The van der Waals surface area contributed by atoms with Gasteiger partial charge in [-0.3, -0.25) is 14.9 Å². The highest BCUT2D eigenvalue weighted by Crippen LogP contribution is 2.16.